The van der Waals surface area contributed by atoms with E-state index >= 15 is 0 Å². The van der Waals surface area contributed by atoms with Crippen molar-refractivity contribution in [1.29, 1.82) is 0 Å². The van der Waals surface area contributed by atoms with E-state index in [0.29, 0.717) is 36.8 Å². The predicted octanol–water partition coefficient (Wildman–Crippen LogP) is 5.69. The second-order valence-electron chi connectivity index (χ2n) is 11.3. The summed E-state index contributed by atoms with van der Waals surface area (Å²) in [5.74, 6) is -1.66. The van der Waals surface area contributed by atoms with E-state index in [1.54, 1.807) is 60.7 Å². The van der Waals surface area contributed by atoms with Crippen molar-refractivity contribution in [3.8, 4) is 11.1 Å². The molecule has 1 amide bonds. The van der Waals surface area contributed by atoms with Gasteiger partial charge in [-0.25, -0.2) is 0 Å². The Hall–Kier alpha value is -4.07. The highest BCUT2D eigenvalue weighted by Crippen LogP contribution is 2.59. The largest absolute Gasteiger partial charge is 0.481 e. The molecule has 0 bridgehead atoms. The van der Waals surface area contributed by atoms with Gasteiger partial charge in [-0.2, -0.15) is 0 Å². The fraction of sp³-hybridized carbons (Fsp3) is 0.257. The van der Waals surface area contributed by atoms with Crippen molar-refractivity contribution in [2.45, 2.75) is 49.5 Å². The van der Waals surface area contributed by atoms with Gasteiger partial charge in [0.2, 0.25) is 5.91 Å². The number of nitrogens with one attached hydrogen (secondary N) is 2. The molecule has 8 nitrogen and oxygen atoms in total. The molecular weight excluding hydrogens is 575 g/mol. The average Bonchev–Trinajstić information content (AvgIpc) is 3.04. The van der Waals surface area contributed by atoms with E-state index in [1.165, 1.54) is 0 Å². The number of benzene rings is 4. The molecule has 228 valence electrons. The summed E-state index contributed by atoms with van der Waals surface area (Å²) in [5.41, 5.74) is 3.54. The fourth-order valence-corrected chi connectivity index (χ4v) is 7.35. The summed E-state index contributed by atoms with van der Waals surface area (Å²) in [4.78, 5) is 47.6. The van der Waals surface area contributed by atoms with Crippen LogP contribution in [0.2, 0.25) is 0 Å². The van der Waals surface area contributed by atoms with Crippen molar-refractivity contribution in [3.05, 3.63) is 132 Å². The number of hydrogen-bond donors (Lipinski definition) is 5. The van der Waals surface area contributed by atoms with Crippen LogP contribution in [0.15, 0.2) is 115 Å². The zero-order valence-electron chi connectivity index (χ0n) is 24.3. The number of carboxylic acid groups (broad SMARTS) is 1. The van der Waals surface area contributed by atoms with Gasteiger partial charge in [-0.05, 0) is 59.9 Å². The van der Waals surface area contributed by atoms with E-state index in [4.69, 9.17) is 0 Å². The normalized spacial score (nSPS) is 17.9. The van der Waals surface area contributed by atoms with Crippen molar-refractivity contribution in [2.24, 2.45) is 5.92 Å². The molecular formula is C35H37N2O6P. The second-order valence-corrected chi connectivity index (χ2v) is 13.1. The Morgan fingerprint density at radius 2 is 1.20 bits per heavy atom. The van der Waals surface area contributed by atoms with Crippen LogP contribution in [-0.4, -0.2) is 38.9 Å². The molecule has 0 saturated heterocycles. The Labute approximate surface area is 257 Å². The van der Waals surface area contributed by atoms with Crippen LogP contribution in [0.3, 0.4) is 0 Å². The lowest BCUT2D eigenvalue weighted by Gasteiger charge is -2.39. The highest BCUT2D eigenvalue weighted by Gasteiger charge is 2.52. The Morgan fingerprint density at radius 1 is 0.727 bits per heavy atom. The zero-order valence-corrected chi connectivity index (χ0v) is 25.1. The summed E-state index contributed by atoms with van der Waals surface area (Å²) < 4.78 is 13.6. The van der Waals surface area contributed by atoms with Crippen molar-refractivity contribution >= 4 is 19.5 Å². The quantitative estimate of drug-likeness (QED) is 0.137. The van der Waals surface area contributed by atoms with Gasteiger partial charge >= 0.3 is 13.6 Å². The summed E-state index contributed by atoms with van der Waals surface area (Å²) in [7, 11) is -5.02. The third-order valence-corrected chi connectivity index (χ3v) is 9.96. The lowest BCUT2D eigenvalue weighted by Crippen LogP contribution is -2.56. The van der Waals surface area contributed by atoms with Gasteiger partial charge in [0, 0.05) is 6.04 Å². The standard InChI is InChI=1S/C35H37N2O6P/c38-33(36-31-22-20-28(21-23-31)34(39)40)32(24-25-16-18-27(19-17-25)26-10-4-1-5-11-26)37-35(44(41,42)43,29-12-6-2-7-13-29)30-14-8-3-9-15-30/h1-19,28,31-32,37H,20-24H2,(H,36,38)(H,39,40)(H2,41,42,43). The van der Waals surface area contributed by atoms with Crippen LogP contribution in [0, 0.1) is 5.92 Å². The molecule has 0 aromatic heterocycles. The monoisotopic (exact) mass is 612 g/mol. The van der Waals surface area contributed by atoms with Gasteiger partial charge in [0.25, 0.3) is 0 Å². The smallest absolute Gasteiger partial charge is 0.354 e. The Kier molecular flexibility index (Phi) is 9.77. The molecule has 0 spiro atoms. The SMILES string of the molecule is O=C(O)C1CCC(NC(=O)C(Cc2ccc(-c3ccccc3)cc2)NC(c2ccccc2)(c2ccccc2)P(=O)(O)O)CC1. The zero-order chi connectivity index (χ0) is 31.2. The van der Waals surface area contributed by atoms with Crippen LogP contribution >= 0.6 is 7.60 Å². The highest BCUT2D eigenvalue weighted by molar-refractivity contribution is 7.53. The van der Waals surface area contributed by atoms with Crippen LogP contribution < -0.4 is 10.6 Å². The van der Waals surface area contributed by atoms with E-state index in [2.05, 4.69) is 10.6 Å². The minimum atomic E-state index is -5.02. The van der Waals surface area contributed by atoms with Crippen molar-refractivity contribution in [3.63, 3.8) is 0 Å². The maximum absolute atomic E-state index is 14.0. The first-order valence-corrected chi connectivity index (χ1v) is 16.4. The second kappa shape index (κ2) is 13.7. The number of carbonyl (C=O) groups is 2. The van der Waals surface area contributed by atoms with Gasteiger partial charge in [-0.1, -0.05) is 115 Å². The van der Waals surface area contributed by atoms with Crippen LogP contribution in [-0.2, 0) is 25.9 Å². The molecule has 5 N–H and O–H groups in total. The first-order valence-electron chi connectivity index (χ1n) is 14.8. The number of hydrogen-bond acceptors (Lipinski definition) is 4. The molecule has 1 unspecified atom stereocenters. The van der Waals surface area contributed by atoms with Gasteiger partial charge in [-0.3, -0.25) is 19.5 Å². The molecule has 0 heterocycles. The minimum Gasteiger partial charge on any atom is -0.481 e. The van der Waals surface area contributed by atoms with E-state index in [1.807, 2.05) is 54.6 Å². The van der Waals surface area contributed by atoms with Gasteiger partial charge in [-0.15, -0.1) is 0 Å². The maximum atomic E-state index is 14.0. The Bertz CT molecular complexity index is 1550. The molecule has 1 aliphatic carbocycles. The van der Waals surface area contributed by atoms with Crippen molar-refractivity contribution < 1.29 is 29.0 Å². The summed E-state index contributed by atoms with van der Waals surface area (Å²) in [6, 6.07) is 33.4. The van der Waals surface area contributed by atoms with Crippen molar-refractivity contribution in [1.82, 2.24) is 10.6 Å². The van der Waals surface area contributed by atoms with Crippen LogP contribution in [0.5, 0.6) is 0 Å². The van der Waals surface area contributed by atoms with E-state index in [9.17, 15) is 29.0 Å². The summed E-state index contributed by atoms with van der Waals surface area (Å²) in [6.07, 6.45) is 2.11. The molecule has 4 aromatic rings. The number of rotatable bonds is 11. The molecule has 5 rings (SSSR count). The third-order valence-electron chi connectivity index (χ3n) is 8.44. The molecule has 0 radical (unpaired) electrons. The average molecular weight is 613 g/mol. The predicted molar refractivity (Wildman–Crippen MR) is 170 cm³/mol. The van der Waals surface area contributed by atoms with Crippen LogP contribution in [0.1, 0.15) is 42.4 Å². The number of carboxylic acids is 1. The molecule has 1 aliphatic rings. The van der Waals surface area contributed by atoms with E-state index in [-0.39, 0.29) is 12.5 Å². The van der Waals surface area contributed by atoms with Crippen LogP contribution in [0.4, 0.5) is 0 Å². The molecule has 0 aliphatic heterocycles. The molecule has 9 heteroatoms. The first-order chi connectivity index (χ1) is 21.2. The highest BCUT2D eigenvalue weighted by atomic mass is 31.2. The summed E-state index contributed by atoms with van der Waals surface area (Å²) in [6.45, 7) is 0. The molecule has 1 fully saturated rings. The minimum absolute atomic E-state index is 0.160. The fourth-order valence-electron chi connectivity index (χ4n) is 6.06. The van der Waals surface area contributed by atoms with E-state index < -0.39 is 36.7 Å². The summed E-state index contributed by atoms with van der Waals surface area (Å²) >= 11 is 0. The van der Waals surface area contributed by atoms with Gasteiger partial charge < -0.3 is 20.2 Å². The number of carbonyl (C=O) groups excluding carboxylic acids is 1. The topological polar surface area (TPSA) is 136 Å². The lowest BCUT2D eigenvalue weighted by atomic mass is 9.86. The Morgan fingerprint density at radius 3 is 1.68 bits per heavy atom. The van der Waals surface area contributed by atoms with Crippen LogP contribution in [0.25, 0.3) is 11.1 Å². The molecule has 44 heavy (non-hydrogen) atoms. The first kappa shape index (κ1) is 31.4. The number of amides is 1. The van der Waals surface area contributed by atoms with Gasteiger partial charge in [0.1, 0.15) is 0 Å². The lowest BCUT2D eigenvalue weighted by molar-refractivity contribution is -0.142. The molecule has 1 atom stereocenters. The van der Waals surface area contributed by atoms with Gasteiger partial charge in [0.15, 0.2) is 5.28 Å². The third kappa shape index (κ3) is 7.01. The molecule has 1 saturated carbocycles. The molecule has 4 aromatic carbocycles. The Balaban J connectivity index is 1.51. The van der Waals surface area contributed by atoms with Gasteiger partial charge in [0.05, 0.1) is 12.0 Å². The number of aliphatic carboxylic acids is 1. The maximum Gasteiger partial charge on any atom is 0.354 e. The van der Waals surface area contributed by atoms with Crippen molar-refractivity contribution in [2.75, 3.05) is 0 Å². The van der Waals surface area contributed by atoms with E-state index in [0.717, 1.165) is 16.7 Å². The summed E-state index contributed by atoms with van der Waals surface area (Å²) in [5, 5.41) is 13.6.